The van der Waals surface area contributed by atoms with Crippen LogP contribution in [0.1, 0.15) is 62.7 Å². The average Bonchev–Trinajstić information content (AvgIpc) is 3.00. The Morgan fingerprint density at radius 3 is 2.32 bits per heavy atom. The van der Waals surface area contributed by atoms with Gasteiger partial charge in [0.15, 0.2) is 12.4 Å². The zero-order valence-corrected chi connectivity index (χ0v) is 22.7. The summed E-state index contributed by atoms with van der Waals surface area (Å²) >= 11 is 0. The van der Waals surface area contributed by atoms with Crippen molar-refractivity contribution in [2.24, 2.45) is 0 Å². The second kappa shape index (κ2) is 13.1. The highest BCUT2D eigenvalue weighted by molar-refractivity contribution is 6.18. The summed E-state index contributed by atoms with van der Waals surface area (Å²) in [5, 5.41) is 12.1. The van der Waals surface area contributed by atoms with Crippen molar-refractivity contribution in [3.05, 3.63) is 124 Å². The fourth-order valence-electron chi connectivity index (χ4n) is 4.08. The number of nitrogens with zero attached hydrogens (tertiary/aromatic N) is 1. The Morgan fingerprint density at radius 1 is 0.902 bits per heavy atom. The number of esters is 1. The number of hydrogen-bond donors (Lipinski definition) is 2. The Morgan fingerprint density at radius 2 is 1.63 bits per heavy atom. The third-order valence-electron chi connectivity index (χ3n) is 6.35. The predicted molar refractivity (Wildman–Crippen MR) is 156 cm³/mol. The van der Waals surface area contributed by atoms with Gasteiger partial charge in [0, 0.05) is 11.1 Å². The number of ether oxygens (including phenoxy) is 2. The normalized spacial score (nSPS) is 10.5. The fraction of sp³-hybridized carbons (Fsp3) is 0.152. The number of nitrogens with one attached hydrogen (secondary N) is 1. The molecule has 4 aromatic carbocycles. The van der Waals surface area contributed by atoms with Crippen molar-refractivity contribution in [1.82, 2.24) is 0 Å². The zero-order valence-electron chi connectivity index (χ0n) is 22.7. The molecule has 3 N–H and O–H groups in total. The van der Waals surface area contributed by atoms with Crippen LogP contribution in [0.5, 0.6) is 5.75 Å². The van der Waals surface area contributed by atoms with Gasteiger partial charge in [0.2, 0.25) is 0 Å². The minimum Gasteiger partial charge on any atom is -0.481 e. The van der Waals surface area contributed by atoms with Crippen molar-refractivity contribution in [3.63, 3.8) is 0 Å². The summed E-state index contributed by atoms with van der Waals surface area (Å²) in [5.41, 5.74) is 9.07. The quantitative estimate of drug-likeness (QED) is 0.144. The molecule has 0 radical (unpaired) electrons. The minimum absolute atomic E-state index is 0.0219. The van der Waals surface area contributed by atoms with E-state index in [4.69, 9.17) is 15.2 Å². The van der Waals surface area contributed by atoms with E-state index in [0.29, 0.717) is 11.5 Å². The molecule has 0 atom stereocenters. The maximum Gasteiger partial charge on any atom is 0.344 e. The van der Waals surface area contributed by atoms with E-state index in [9.17, 15) is 19.6 Å². The summed E-state index contributed by atoms with van der Waals surface area (Å²) in [6, 6.07) is 27.4. The van der Waals surface area contributed by atoms with Crippen molar-refractivity contribution in [2.45, 2.75) is 26.4 Å². The number of carbonyl (C=O) groups is 3. The van der Waals surface area contributed by atoms with Crippen LogP contribution in [0.25, 0.3) is 0 Å². The highest BCUT2D eigenvalue weighted by Gasteiger charge is 2.24. The molecule has 4 rings (SSSR count). The Balaban J connectivity index is 1.64. The van der Waals surface area contributed by atoms with Crippen LogP contribution in [-0.2, 0) is 16.1 Å². The lowest BCUT2D eigenvalue weighted by atomic mass is 9.97. The van der Waals surface area contributed by atoms with E-state index in [1.807, 2.05) is 48.5 Å². The van der Waals surface area contributed by atoms with Gasteiger partial charge in [0.1, 0.15) is 12.4 Å². The largest absolute Gasteiger partial charge is 0.481 e. The first-order chi connectivity index (χ1) is 19.8. The Hall–Kier alpha value is -5.42. The third kappa shape index (κ3) is 7.16. The standard InChI is InChI=1S/C33H29N3O5/c1-21(2)24-11-13-25(14-12-24)33(39)36-31-27(35)15-16-28(30(31)32(38)26-10-6-9-23(17-26)18-34)40-20-29(37)41-19-22-7-4-3-5-8-22/h3-17,21H,19-20,35H2,1-2H3,(H,36,39). The molecule has 0 aromatic heterocycles. The van der Waals surface area contributed by atoms with Gasteiger partial charge in [-0.2, -0.15) is 5.26 Å². The number of nitriles is 1. The van der Waals surface area contributed by atoms with Gasteiger partial charge in [-0.05, 0) is 53.4 Å². The number of benzene rings is 4. The van der Waals surface area contributed by atoms with Gasteiger partial charge in [-0.1, -0.05) is 68.4 Å². The van der Waals surface area contributed by atoms with Crippen LogP contribution >= 0.6 is 0 Å². The molecule has 8 heteroatoms. The van der Waals surface area contributed by atoms with Crippen LogP contribution in [0, 0.1) is 11.3 Å². The summed E-state index contributed by atoms with van der Waals surface area (Å²) < 4.78 is 11.0. The van der Waals surface area contributed by atoms with Crippen molar-refractivity contribution in [3.8, 4) is 11.8 Å². The van der Waals surface area contributed by atoms with E-state index < -0.39 is 24.3 Å². The lowest BCUT2D eigenvalue weighted by Crippen LogP contribution is -2.20. The number of amides is 1. The fourth-order valence-corrected chi connectivity index (χ4v) is 4.08. The first-order valence-corrected chi connectivity index (χ1v) is 13.0. The van der Waals surface area contributed by atoms with Crippen LogP contribution in [0.2, 0.25) is 0 Å². The number of hydrogen-bond acceptors (Lipinski definition) is 7. The van der Waals surface area contributed by atoms with Gasteiger partial charge in [-0.15, -0.1) is 0 Å². The number of rotatable bonds is 10. The summed E-state index contributed by atoms with van der Waals surface area (Å²) in [7, 11) is 0. The van der Waals surface area contributed by atoms with Gasteiger partial charge in [-0.25, -0.2) is 4.79 Å². The molecule has 0 fully saturated rings. The van der Waals surface area contributed by atoms with Crippen LogP contribution in [0.4, 0.5) is 11.4 Å². The molecule has 0 bridgehead atoms. The molecule has 0 aliphatic rings. The maximum absolute atomic E-state index is 13.8. The molecule has 0 spiro atoms. The van der Waals surface area contributed by atoms with Crippen LogP contribution < -0.4 is 15.8 Å². The van der Waals surface area contributed by atoms with Crippen molar-refractivity contribution < 1.29 is 23.9 Å². The molecule has 4 aromatic rings. The second-order valence-electron chi connectivity index (χ2n) is 9.59. The first-order valence-electron chi connectivity index (χ1n) is 13.0. The molecule has 8 nitrogen and oxygen atoms in total. The van der Waals surface area contributed by atoms with Crippen LogP contribution in [-0.4, -0.2) is 24.3 Å². The SMILES string of the molecule is CC(C)c1ccc(C(=O)Nc2c(N)ccc(OCC(=O)OCc3ccccc3)c2C(=O)c2cccc(C#N)c2)cc1. The Kier molecular flexibility index (Phi) is 9.13. The minimum atomic E-state index is -0.647. The number of anilines is 2. The number of ketones is 1. The first kappa shape index (κ1) is 28.6. The number of carbonyl (C=O) groups excluding carboxylic acids is 3. The average molecular weight is 548 g/mol. The lowest BCUT2D eigenvalue weighted by Gasteiger charge is -2.18. The molecule has 0 saturated heterocycles. The zero-order chi connectivity index (χ0) is 29.4. The van der Waals surface area contributed by atoms with Gasteiger partial charge in [0.25, 0.3) is 5.91 Å². The van der Waals surface area contributed by atoms with E-state index >= 15 is 0 Å². The molecule has 0 heterocycles. The molecule has 0 saturated carbocycles. The van der Waals surface area contributed by atoms with Crippen molar-refractivity contribution in [1.29, 1.82) is 5.26 Å². The number of nitrogen functional groups attached to an aromatic ring is 1. The van der Waals surface area contributed by atoms with Crippen molar-refractivity contribution >= 4 is 29.0 Å². The Bertz CT molecular complexity index is 1610. The van der Waals surface area contributed by atoms with E-state index in [0.717, 1.165) is 11.1 Å². The summed E-state index contributed by atoms with van der Waals surface area (Å²) in [4.78, 5) is 39.5. The monoisotopic (exact) mass is 547 g/mol. The van der Waals surface area contributed by atoms with Crippen LogP contribution in [0.15, 0.2) is 91.0 Å². The van der Waals surface area contributed by atoms with Crippen LogP contribution in [0.3, 0.4) is 0 Å². The number of nitrogens with two attached hydrogens (primary N) is 1. The molecule has 0 aliphatic carbocycles. The van der Waals surface area contributed by atoms with E-state index in [-0.39, 0.29) is 40.4 Å². The van der Waals surface area contributed by atoms with Crippen molar-refractivity contribution in [2.75, 3.05) is 17.7 Å². The van der Waals surface area contributed by atoms with Gasteiger partial charge in [-0.3, -0.25) is 9.59 Å². The third-order valence-corrected chi connectivity index (χ3v) is 6.35. The van der Waals surface area contributed by atoms with E-state index in [1.54, 1.807) is 30.3 Å². The molecule has 0 unspecified atom stereocenters. The highest BCUT2D eigenvalue weighted by Crippen LogP contribution is 2.35. The van der Waals surface area contributed by atoms with Gasteiger partial charge in [0.05, 0.1) is 28.6 Å². The van der Waals surface area contributed by atoms with E-state index in [1.165, 1.54) is 18.2 Å². The van der Waals surface area contributed by atoms with E-state index in [2.05, 4.69) is 19.2 Å². The molecular formula is C33H29N3O5. The maximum atomic E-state index is 13.8. The molecule has 206 valence electrons. The molecule has 1 amide bonds. The predicted octanol–water partition coefficient (Wildman–Crippen LogP) is 5.87. The van der Waals surface area contributed by atoms with Gasteiger partial charge < -0.3 is 20.5 Å². The molecular weight excluding hydrogens is 518 g/mol. The highest BCUT2D eigenvalue weighted by atomic mass is 16.6. The lowest BCUT2D eigenvalue weighted by molar-refractivity contribution is -0.147. The molecule has 41 heavy (non-hydrogen) atoms. The smallest absolute Gasteiger partial charge is 0.344 e. The summed E-state index contributed by atoms with van der Waals surface area (Å²) in [5.74, 6) is -1.36. The second-order valence-corrected chi connectivity index (χ2v) is 9.59. The van der Waals surface area contributed by atoms with Gasteiger partial charge >= 0.3 is 5.97 Å². The summed E-state index contributed by atoms with van der Waals surface area (Å²) in [6.07, 6.45) is 0. The summed E-state index contributed by atoms with van der Waals surface area (Å²) in [6.45, 7) is 3.68. The molecule has 0 aliphatic heterocycles. The Labute approximate surface area is 238 Å². The topological polar surface area (TPSA) is 132 Å².